The van der Waals surface area contributed by atoms with Crippen LogP contribution < -0.4 is 0 Å². The van der Waals surface area contributed by atoms with Gasteiger partial charge in [0.15, 0.2) is 0 Å². The van der Waals surface area contributed by atoms with Gasteiger partial charge in [-0.3, -0.25) is 4.79 Å². The smallest absolute Gasteiger partial charge is 0.396 e. The van der Waals surface area contributed by atoms with E-state index >= 15 is 0 Å². The van der Waals surface area contributed by atoms with E-state index in [1.165, 1.54) is 11.4 Å². The van der Waals surface area contributed by atoms with Gasteiger partial charge in [-0.1, -0.05) is 0 Å². The number of amides is 1. The molecule has 1 saturated carbocycles. The van der Waals surface area contributed by atoms with Crippen molar-refractivity contribution in [2.24, 2.45) is 5.92 Å². The molecule has 1 aromatic rings. The molecule has 1 aliphatic heterocycles. The molecule has 0 atom stereocenters. The van der Waals surface area contributed by atoms with Crippen molar-refractivity contribution in [3.8, 4) is 0 Å². The Bertz CT molecular complexity index is 908. The summed E-state index contributed by atoms with van der Waals surface area (Å²) in [5, 5.41) is 9.20. The van der Waals surface area contributed by atoms with Crippen LogP contribution in [0.3, 0.4) is 0 Å². The lowest BCUT2D eigenvalue weighted by Gasteiger charge is -2.34. The average Bonchev–Trinajstić information content (AvgIpc) is 2.83. The highest BCUT2D eigenvalue weighted by molar-refractivity contribution is 7.89. The lowest BCUT2D eigenvalue weighted by atomic mass is 9.93. The van der Waals surface area contributed by atoms with E-state index in [1.807, 2.05) is 4.90 Å². The molecule has 0 bridgehead atoms. The Balaban J connectivity index is 1.43. The Morgan fingerprint density at radius 1 is 1.09 bits per heavy atom. The fraction of sp³-hybridized carbons (Fsp3) is 0.696. The lowest BCUT2D eigenvalue weighted by molar-refractivity contribution is -0.137. The van der Waals surface area contributed by atoms with Gasteiger partial charge in [0, 0.05) is 32.8 Å². The molecule has 0 radical (unpaired) electrons. The molecule has 1 heterocycles. The van der Waals surface area contributed by atoms with Gasteiger partial charge >= 0.3 is 6.18 Å². The second-order valence-corrected chi connectivity index (χ2v) is 11.1. The largest absolute Gasteiger partial charge is 0.416 e. The summed E-state index contributed by atoms with van der Waals surface area (Å²) >= 11 is 0. The molecule has 1 aliphatic carbocycles. The van der Waals surface area contributed by atoms with Crippen LogP contribution in [0.15, 0.2) is 29.2 Å². The minimum absolute atomic E-state index is 0.0486. The number of aliphatic hydroxyl groups is 1. The number of alkyl halides is 3. The number of halogens is 3. The molecule has 0 unspecified atom stereocenters. The number of ether oxygens (including phenoxy) is 1. The van der Waals surface area contributed by atoms with Crippen molar-refractivity contribution >= 4 is 15.9 Å². The van der Waals surface area contributed by atoms with Gasteiger partial charge < -0.3 is 14.7 Å². The van der Waals surface area contributed by atoms with Gasteiger partial charge in [0.25, 0.3) is 0 Å². The predicted octanol–water partition coefficient (Wildman–Crippen LogP) is 3.27. The van der Waals surface area contributed by atoms with Crippen LogP contribution in [0.4, 0.5) is 13.2 Å². The summed E-state index contributed by atoms with van der Waals surface area (Å²) in [5.74, 6) is 0.323. The molecule has 2 fully saturated rings. The average molecular weight is 507 g/mol. The fourth-order valence-corrected chi connectivity index (χ4v) is 6.01. The Morgan fingerprint density at radius 2 is 1.68 bits per heavy atom. The van der Waals surface area contributed by atoms with Gasteiger partial charge in [-0.15, -0.1) is 0 Å². The SMILES string of the molecule is CN([C@H]1CC[C@H](OCCC(=O)N2CCC(CO)CC2)CC1)S(=O)(=O)c1ccc(C(F)(F)F)cc1. The van der Waals surface area contributed by atoms with Gasteiger partial charge in [0.2, 0.25) is 15.9 Å². The van der Waals surface area contributed by atoms with Crippen LogP contribution >= 0.6 is 0 Å². The second kappa shape index (κ2) is 11.4. The lowest BCUT2D eigenvalue weighted by Crippen LogP contribution is -2.41. The summed E-state index contributed by atoms with van der Waals surface area (Å²) in [6, 6.07) is 3.28. The third-order valence-electron chi connectivity index (χ3n) is 6.91. The number of carbonyl (C=O) groups excluding carboxylic acids is 1. The van der Waals surface area contributed by atoms with Crippen LogP contribution in [0.1, 0.15) is 50.5 Å². The standard InChI is InChI=1S/C23H33F3N2O5S/c1-27(34(31,32)21-8-2-18(3-9-21)23(24,25)26)19-4-6-20(7-5-19)33-15-12-22(30)28-13-10-17(16-29)11-14-28/h2-3,8-9,17,19-20,29H,4-7,10-16H2,1H3/t19-,20-. The number of carbonyl (C=O) groups is 1. The molecule has 1 amide bonds. The zero-order valence-electron chi connectivity index (χ0n) is 19.3. The third-order valence-corrected chi connectivity index (χ3v) is 8.84. The Hall–Kier alpha value is -1.69. The zero-order valence-corrected chi connectivity index (χ0v) is 20.2. The van der Waals surface area contributed by atoms with E-state index in [4.69, 9.17) is 4.74 Å². The normalized spacial score (nSPS) is 22.8. The topological polar surface area (TPSA) is 87.2 Å². The summed E-state index contributed by atoms with van der Waals surface area (Å²) in [4.78, 5) is 14.0. The Labute approximate surface area is 198 Å². The van der Waals surface area contributed by atoms with Gasteiger partial charge in [-0.05, 0) is 68.7 Å². The number of sulfonamides is 1. The summed E-state index contributed by atoms with van der Waals surface area (Å²) in [7, 11) is -2.45. The number of benzene rings is 1. The monoisotopic (exact) mass is 506 g/mol. The first-order valence-corrected chi connectivity index (χ1v) is 13.1. The van der Waals surface area contributed by atoms with Crippen molar-refractivity contribution in [2.45, 2.75) is 68.2 Å². The van der Waals surface area contributed by atoms with E-state index in [2.05, 4.69) is 0 Å². The molecule has 7 nitrogen and oxygen atoms in total. The summed E-state index contributed by atoms with van der Waals surface area (Å²) in [5.41, 5.74) is -0.889. The van der Waals surface area contributed by atoms with E-state index in [0.717, 1.165) is 37.1 Å². The zero-order chi connectivity index (χ0) is 24.9. The van der Waals surface area contributed by atoms with E-state index in [1.54, 1.807) is 0 Å². The molecular weight excluding hydrogens is 473 g/mol. The highest BCUT2D eigenvalue weighted by Gasteiger charge is 2.34. The predicted molar refractivity (Wildman–Crippen MR) is 119 cm³/mol. The number of hydrogen-bond acceptors (Lipinski definition) is 5. The maximum atomic E-state index is 12.9. The van der Waals surface area contributed by atoms with Crippen molar-refractivity contribution in [2.75, 3.05) is 33.4 Å². The van der Waals surface area contributed by atoms with Crippen LogP contribution in [0.25, 0.3) is 0 Å². The molecular formula is C23H33F3N2O5S. The van der Waals surface area contributed by atoms with Crippen molar-refractivity contribution in [3.05, 3.63) is 29.8 Å². The van der Waals surface area contributed by atoms with Crippen molar-refractivity contribution in [1.82, 2.24) is 9.21 Å². The van der Waals surface area contributed by atoms with Crippen molar-refractivity contribution in [3.63, 3.8) is 0 Å². The summed E-state index contributed by atoms with van der Waals surface area (Å²) < 4.78 is 71.1. The van der Waals surface area contributed by atoms with Crippen LogP contribution in [0, 0.1) is 5.92 Å². The molecule has 1 N–H and O–H groups in total. The minimum Gasteiger partial charge on any atom is -0.396 e. The van der Waals surface area contributed by atoms with E-state index in [-0.39, 0.29) is 35.5 Å². The first-order valence-electron chi connectivity index (χ1n) is 11.7. The molecule has 3 rings (SSSR count). The van der Waals surface area contributed by atoms with Crippen molar-refractivity contribution < 1.29 is 36.2 Å². The second-order valence-electron chi connectivity index (χ2n) is 9.10. The van der Waals surface area contributed by atoms with Crippen LogP contribution in [-0.2, 0) is 25.7 Å². The number of aliphatic hydroxyl groups excluding tert-OH is 1. The van der Waals surface area contributed by atoms with Gasteiger partial charge in [-0.2, -0.15) is 17.5 Å². The first-order chi connectivity index (χ1) is 16.0. The molecule has 2 aliphatic rings. The maximum absolute atomic E-state index is 12.9. The molecule has 0 aromatic heterocycles. The van der Waals surface area contributed by atoms with E-state index in [9.17, 15) is 31.5 Å². The van der Waals surface area contributed by atoms with Crippen molar-refractivity contribution in [1.29, 1.82) is 0 Å². The number of likely N-dealkylation sites (tertiary alicyclic amines) is 1. The number of nitrogens with zero attached hydrogens (tertiary/aromatic N) is 2. The molecule has 11 heteroatoms. The van der Waals surface area contributed by atoms with Gasteiger partial charge in [0.1, 0.15) is 0 Å². The number of hydrogen-bond donors (Lipinski definition) is 1. The van der Waals surface area contributed by atoms with Crippen LogP contribution in [0.2, 0.25) is 0 Å². The summed E-state index contributed by atoms with van der Waals surface area (Å²) in [6.45, 7) is 1.80. The highest BCUT2D eigenvalue weighted by atomic mass is 32.2. The van der Waals surface area contributed by atoms with Crippen LogP contribution in [-0.4, -0.2) is 74.1 Å². The number of piperidine rings is 1. The van der Waals surface area contributed by atoms with E-state index in [0.29, 0.717) is 51.8 Å². The first kappa shape index (κ1) is 26.9. The molecule has 34 heavy (non-hydrogen) atoms. The Morgan fingerprint density at radius 3 is 2.21 bits per heavy atom. The summed E-state index contributed by atoms with van der Waals surface area (Å²) in [6.07, 6.45) is -0.202. The quantitative estimate of drug-likeness (QED) is 0.585. The maximum Gasteiger partial charge on any atom is 0.416 e. The third kappa shape index (κ3) is 6.71. The molecule has 192 valence electrons. The fourth-order valence-electron chi connectivity index (χ4n) is 4.59. The van der Waals surface area contributed by atoms with Gasteiger partial charge in [-0.25, -0.2) is 8.42 Å². The minimum atomic E-state index is -4.52. The van der Waals surface area contributed by atoms with Crippen LogP contribution in [0.5, 0.6) is 0 Å². The molecule has 0 spiro atoms. The van der Waals surface area contributed by atoms with Gasteiger partial charge in [0.05, 0.1) is 29.6 Å². The molecule has 1 saturated heterocycles. The van der Waals surface area contributed by atoms with E-state index < -0.39 is 21.8 Å². The Kier molecular flexibility index (Phi) is 8.99. The number of rotatable bonds is 8. The molecule has 1 aromatic carbocycles. The highest BCUT2D eigenvalue weighted by Crippen LogP contribution is 2.32.